The number of unbranched alkanes of at least 4 members (excludes halogenated alkanes) is 6. The van der Waals surface area contributed by atoms with Crippen molar-refractivity contribution in [2.45, 2.75) is 92.2 Å². The molecule has 0 saturated carbocycles. The van der Waals surface area contributed by atoms with E-state index < -0.39 is 0 Å². The van der Waals surface area contributed by atoms with Gasteiger partial charge in [0.2, 0.25) is 5.75 Å². The molecule has 3 aromatic rings. The van der Waals surface area contributed by atoms with E-state index in [9.17, 15) is 4.79 Å². The third kappa shape index (κ3) is 8.68. The number of allylic oxidation sites excluding steroid dienone is 1. The van der Waals surface area contributed by atoms with Gasteiger partial charge in [0.1, 0.15) is 19.0 Å². The molecule has 0 unspecified atom stereocenters. The predicted octanol–water partition coefficient (Wildman–Crippen LogP) is 8.46. The first kappa shape index (κ1) is 29.3. The molecular formula is C33H45NO4. The average Bonchev–Trinajstić information content (AvgIpc) is 2.92. The van der Waals surface area contributed by atoms with E-state index in [1.807, 2.05) is 73.0 Å². The molecule has 0 aliphatic rings. The minimum absolute atomic E-state index is 0.135. The largest absolute Gasteiger partial charge is 0.489 e. The molecule has 0 radical (unpaired) electrons. The van der Waals surface area contributed by atoms with Crippen molar-refractivity contribution < 1.29 is 14.2 Å². The first-order chi connectivity index (χ1) is 18.5. The number of hydrogen-bond acceptors (Lipinski definition) is 4. The van der Waals surface area contributed by atoms with Gasteiger partial charge in [0, 0.05) is 18.0 Å². The van der Waals surface area contributed by atoms with Gasteiger partial charge in [-0.3, -0.25) is 4.79 Å². The van der Waals surface area contributed by atoms with Gasteiger partial charge < -0.3 is 18.8 Å². The van der Waals surface area contributed by atoms with Gasteiger partial charge in [0.25, 0.3) is 5.56 Å². The second kappa shape index (κ2) is 15.9. The minimum Gasteiger partial charge on any atom is -0.489 e. The van der Waals surface area contributed by atoms with Crippen LogP contribution in [0.2, 0.25) is 0 Å². The molecular weight excluding hydrogens is 474 g/mol. The summed E-state index contributed by atoms with van der Waals surface area (Å²) in [5.74, 6) is 1.57. The summed E-state index contributed by atoms with van der Waals surface area (Å²) >= 11 is 0. The normalized spacial score (nSPS) is 10.9. The summed E-state index contributed by atoms with van der Waals surface area (Å²) < 4.78 is 20.3. The van der Waals surface area contributed by atoms with Crippen molar-refractivity contribution in [3.63, 3.8) is 0 Å². The van der Waals surface area contributed by atoms with Gasteiger partial charge in [-0.1, -0.05) is 88.3 Å². The van der Waals surface area contributed by atoms with Crippen LogP contribution in [-0.2, 0) is 13.2 Å². The maximum absolute atomic E-state index is 13.8. The highest BCUT2D eigenvalue weighted by Crippen LogP contribution is 2.35. The van der Waals surface area contributed by atoms with Crippen LogP contribution in [0.4, 0.5) is 0 Å². The zero-order chi connectivity index (χ0) is 27.2. The van der Waals surface area contributed by atoms with Crippen LogP contribution < -0.4 is 19.8 Å². The summed E-state index contributed by atoms with van der Waals surface area (Å²) in [5.41, 5.74) is 2.94. The molecule has 0 saturated heterocycles. The molecule has 0 atom stereocenters. The Kier molecular flexibility index (Phi) is 12.3. The molecule has 5 nitrogen and oxygen atoms in total. The Bertz CT molecular complexity index is 1210. The van der Waals surface area contributed by atoms with Gasteiger partial charge in [-0.2, -0.15) is 0 Å². The molecule has 0 spiro atoms. The van der Waals surface area contributed by atoms with Crippen molar-refractivity contribution in [1.82, 2.24) is 4.57 Å². The maximum Gasteiger partial charge on any atom is 0.297 e. The van der Waals surface area contributed by atoms with Gasteiger partial charge in [-0.05, 0) is 50.5 Å². The van der Waals surface area contributed by atoms with Crippen molar-refractivity contribution in [3.8, 4) is 17.2 Å². The van der Waals surface area contributed by atoms with Crippen molar-refractivity contribution in [3.05, 3.63) is 76.1 Å². The number of pyridine rings is 1. The Morgan fingerprint density at radius 1 is 0.816 bits per heavy atom. The lowest BCUT2D eigenvalue weighted by Crippen LogP contribution is -2.24. The third-order valence-corrected chi connectivity index (χ3v) is 6.60. The van der Waals surface area contributed by atoms with Crippen LogP contribution in [0, 0.1) is 0 Å². The molecule has 0 aliphatic carbocycles. The molecule has 3 rings (SSSR count). The van der Waals surface area contributed by atoms with E-state index >= 15 is 0 Å². The lowest BCUT2D eigenvalue weighted by Gasteiger charge is -2.19. The molecule has 0 amide bonds. The van der Waals surface area contributed by atoms with E-state index in [1.54, 1.807) is 0 Å². The highest BCUT2D eigenvalue weighted by Gasteiger charge is 2.20. The first-order valence-corrected chi connectivity index (χ1v) is 14.3. The van der Waals surface area contributed by atoms with Crippen LogP contribution in [0.15, 0.2) is 65.0 Å². The summed E-state index contributed by atoms with van der Waals surface area (Å²) in [5, 5.41) is 0.868. The Balaban J connectivity index is 1.94. The number of rotatable bonds is 17. The summed E-state index contributed by atoms with van der Waals surface area (Å²) in [4.78, 5) is 13.8. The average molecular weight is 520 g/mol. The highest BCUT2D eigenvalue weighted by molar-refractivity contribution is 5.89. The lowest BCUT2D eigenvalue weighted by atomic mass is 10.1. The lowest BCUT2D eigenvalue weighted by molar-refractivity contribution is 0.271. The van der Waals surface area contributed by atoms with E-state index in [1.165, 1.54) is 25.7 Å². The number of fused-ring (bicyclic) bond motifs is 1. The molecule has 2 aromatic carbocycles. The van der Waals surface area contributed by atoms with Gasteiger partial charge >= 0.3 is 0 Å². The molecule has 0 bridgehead atoms. The van der Waals surface area contributed by atoms with E-state index in [0.29, 0.717) is 37.9 Å². The fourth-order valence-electron chi connectivity index (χ4n) is 4.37. The quantitative estimate of drug-likeness (QED) is 0.133. The van der Waals surface area contributed by atoms with E-state index in [2.05, 4.69) is 13.8 Å². The molecule has 1 heterocycles. The van der Waals surface area contributed by atoms with E-state index in [4.69, 9.17) is 14.2 Å². The number of benzene rings is 2. The number of hydrogen-bond donors (Lipinski definition) is 0. The molecule has 0 N–H and O–H groups in total. The predicted molar refractivity (Wildman–Crippen MR) is 158 cm³/mol. The first-order valence-electron chi connectivity index (χ1n) is 14.3. The van der Waals surface area contributed by atoms with Crippen molar-refractivity contribution >= 4 is 10.9 Å². The van der Waals surface area contributed by atoms with Gasteiger partial charge in [0.05, 0.1) is 12.1 Å². The fourth-order valence-corrected chi connectivity index (χ4v) is 4.37. The molecule has 0 fully saturated rings. The standard InChI is InChI=1S/C33H45NO4/c1-5-7-9-10-11-15-22-36-32-31(37-23-20-26(3)4)29-19-18-28(38-25-27-16-13-12-14-17-27)24-30(29)34(33(32)35)21-8-6-2/h12-14,16-20,24H,5-11,15,21-23,25H2,1-4H3. The number of aromatic nitrogens is 1. The zero-order valence-electron chi connectivity index (χ0n) is 23.8. The third-order valence-electron chi connectivity index (χ3n) is 6.60. The summed E-state index contributed by atoms with van der Waals surface area (Å²) in [6, 6.07) is 16.0. The topological polar surface area (TPSA) is 49.7 Å². The van der Waals surface area contributed by atoms with Crippen LogP contribution >= 0.6 is 0 Å². The number of nitrogens with zero attached hydrogens (tertiary/aromatic N) is 1. The van der Waals surface area contributed by atoms with Crippen molar-refractivity contribution in [2.75, 3.05) is 13.2 Å². The smallest absolute Gasteiger partial charge is 0.297 e. The van der Waals surface area contributed by atoms with E-state index in [0.717, 1.165) is 53.5 Å². The Morgan fingerprint density at radius 2 is 1.55 bits per heavy atom. The molecule has 0 aliphatic heterocycles. The second-order valence-electron chi connectivity index (χ2n) is 10.1. The van der Waals surface area contributed by atoms with Crippen LogP contribution in [0.5, 0.6) is 17.2 Å². The monoisotopic (exact) mass is 519 g/mol. The Morgan fingerprint density at radius 3 is 2.29 bits per heavy atom. The van der Waals surface area contributed by atoms with Gasteiger partial charge in [0.15, 0.2) is 5.75 Å². The van der Waals surface area contributed by atoms with Crippen LogP contribution in [0.25, 0.3) is 10.9 Å². The Labute approximate surface area is 228 Å². The van der Waals surface area contributed by atoms with Crippen molar-refractivity contribution in [1.29, 1.82) is 0 Å². The summed E-state index contributed by atoms with van der Waals surface area (Å²) in [6.07, 6.45) is 10.9. The highest BCUT2D eigenvalue weighted by atomic mass is 16.5. The number of ether oxygens (including phenoxy) is 3. The summed E-state index contributed by atoms with van der Waals surface area (Å²) in [7, 11) is 0. The second-order valence-corrected chi connectivity index (χ2v) is 10.1. The minimum atomic E-state index is -0.135. The molecule has 206 valence electrons. The number of aryl methyl sites for hydroxylation is 1. The van der Waals surface area contributed by atoms with Gasteiger partial charge in [-0.15, -0.1) is 0 Å². The SMILES string of the molecule is CCCCCCCCOc1c(OCC=C(C)C)c2ccc(OCc3ccccc3)cc2n(CCCC)c1=O. The fraction of sp³-hybridized carbons (Fsp3) is 0.485. The molecule has 38 heavy (non-hydrogen) atoms. The maximum atomic E-state index is 13.8. The molecule has 5 heteroatoms. The van der Waals surface area contributed by atoms with Crippen LogP contribution in [0.1, 0.15) is 84.6 Å². The Hall–Kier alpha value is -3.21. The van der Waals surface area contributed by atoms with Crippen LogP contribution in [-0.4, -0.2) is 17.8 Å². The van der Waals surface area contributed by atoms with Crippen LogP contribution in [0.3, 0.4) is 0 Å². The van der Waals surface area contributed by atoms with Crippen molar-refractivity contribution in [2.24, 2.45) is 0 Å². The van der Waals surface area contributed by atoms with E-state index in [-0.39, 0.29) is 5.56 Å². The summed E-state index contributed by atoms with van der Waals surface area (Å²) in [6.45, 7) is 10.4. The molecule has 1 aromatic heterocycles. The zero-order valence-corrected chi connectivity index (χ0v) is 23.8. The van der Waals surface area contributed by atoms with Gasteiger partial charge in [-0.25, -0.2) is 0 Å².